The molecule has 1 rings (SSSR count). The van der Waals surface area contributed by atoms with Crippen LogP contribution in [0.5, 0.6) is 0 Å². The summed E-state index contributed by atoms with van der Waals surface area (Å²) in [4.78, 5) is 4.21. The highest BCUT2D eigenvalue weighted by molar-refractivity contribution is 14.0. The first-order valence-electron chi connectivity index (χ1n) is 7.38. The summed E-state index contributed by atoms with van der Waals surface area (Å²) in [6.45, 7) is 7.54. The Morgan fingerprint density at radius 2 is 2.09 bits per heavy atom. The van der Waals surface area contributed by atoms with Crippen LogP contribution in [0.4, 0.5) is 0 Å². The lowest BCUT2D eigenvalue weighted by Gasteiger charge is -2.12. The SMILES string of the molecule is CN=C(NCCCOCC(C)C)NCc1cccc(Br)c1.I. The first-order chi connectivity index (χ1) is 10.1. The van der Waals surface area contributed by atoms with E-state index in [9.17, 15) is 0 Å². The molecule has 0 saturated carbocycles. The Labute approximate surface area is 159 Å². The van der Waals surface area contributed by atoms with E-state index in [0.29, 0.717) is 5.92 Å². The molecule has 22 heavy (non-hydrogen) atoms. The minimum absolute atomic E-state index is 0. The largest absolute Gasteiger partial charge is 0.381 e. The molecule has 0 spiro atoms. The molecule has 0 aliphatic heterocycles. The van der Waals surface area contributed by atoms with Gasteiger partial charge in [0.15, 0.2) is 5.96 Å². The third kappa shape index (κ3) is 10.4. The summed E-state index contributed by atoms with van der Waals surface area (Å²) in [7, 11) is 1.78. The first kappa shape index (κ1) is 21.7. The topological polar surface area (TPSA) is 45.7 Å². The zero-order valence-electron chi connectivity index (χ0n) is 13.6. The molecule has 0 amide bonds. The molecule has 0 atom stereocenters. The van der Waals surface area contributed by atoms with Crippen LogP contribution in [0.2, 0.25) is 0 Å². The van der Waals surface area contributed by atoms with Gasteiger partial charge in [0.2, 0.25) is 0 Å². The van der Waals surface area contributed by atoms with Crippen LogP contribution < -0.4 is 10.6 Å². The van der Waals surface area contributed by atoms with E-state index in [2.05, 4.69) is 57.5 Å². The van der Waals surface area contributed by atoms with E-state index in [-0.39, 0.29) is 24.0 Å². The van der Waals surface area contributed by atoms with E-state index in [1.807, 2.05) is 12.1 Å². The van der Waals surface area contributed by atoms with E-state index in [1.165, 1.54) is 5.56 Å². The monoisotopic (exact) mass is 483 g/mol. The van der Waals surface area contributed by atoms with Crippen LogP contribution in [0, 0.1) is 5.92 Å². The average Bonchev–Trinajstić information content (AvgIpc) is 2.45. The number of nitrogens with zero attached hydrogens (tertiary/aromatic N) is 1. The minimum atomic E-state index is 0. The molecule has 0 unspecified atom stereocenters. The summed E-state index contributed by atoms with van der Waals surface area (Å²) in [5, 5.41) is 6.59. The maximum Gasteiger partial charge on any atom is 0.191 e. The van der Waals surface area contributed by atoms with Gasteiger partial charge in [-0.2, -0.15) is 0 Å². The Bertz CT molecular complexity index is 441. The van der Waals surface area contributed by atoms with Crippen molar-refractivity contribution in [2.75, 3.05) is 26.8 Å². The van der Waals surface area contributed by atoms with Crippen molar-refractivity contribution in [3.05, 3.63) is 34.3 Å². The van der Waals surface area contributed by atoms with Gasteiger partial charge in [0.1, 0.15) is 0 Å². The lowest BCUT2D eigenvalue weighted by Crippen LogP contribution is -2.37. The normalized spacial score (nSPS) is 11.2. The van der Waals surface area contributed by atoms with Crippen molar-refractivity contribution in [2.45, 2.75) is 26.8 Å². The molecule has 0 aromatic heterocycles. The predicted molar refractivity (Wildman–Crippen MR) is 108 cm³/mol. The molecule has 0 aliphatic rings. The van der Waals surface area contributed by atoms with Gasteiger partial charge in [0.05, 0.1) is 0 Å². The Balaban J connectivity index is 0.00000441. The van der Waals surface area contributed by atoms with Gasteiger partial charge in [0.25, 0.3) is 0 Å². The van der Waals surface area contributed by atoms with Crippen molar-refractivity contribution >= 4 is 45.9 Å². The molecule has 2 N–H and O–H groups in total. The molecule has 0 radical (unpaired) electrons. The van der Waals surface area contributed by atoms with Crippen molar-refractivity contribution in [2.24, 2.45) is 10.9 Å². The number of hydrogen-bond acceptors (Lipinski definition) is 2. The van der Waals surface area contributed by atoms with Crippen LogP contribution in [0.3, 0.4) is 0 Å². The van der Waals surface area contributed by atoms with Gasteiger partial charge >= 0.3 is 0 Å². The quantitative estimate of drug-likeness (QED) is 0.256. The molecular weight excluding hydrogens is 457 g/mol. The molecule has 4 nitrogen and oxygen atoms in total. The fraction of sp³-hybridized carbons (Fsp3) is 0.562. The van der Waals surface area contributed by atoms with Crippen molar-refractivity contribution in [1.82, 2.24) is 10.6 Å². The number of hydrogen-bond donors (Lipinski definition) is 2. The molecule has 0 aliphatic carbocycles. The zero-order valence-corrected chi connectivity index (χ0v) is 17.5. The van der Waals surface area contributed by atoms with Crippen LogP contribution in [0.15, 0.2) is 33.7 Å². The van der Waals surface area contributed by atoms with Crippen molar-refractivity contribution < 1.29 is 4.74 Å². The summed E-state index contributed by atoms with van der Waals surface area (Å²) < 4.78 is 6.64. The fourth-order valence-electron chi connectivity index (χ4n) is 1.75. The summed E-state index contributed by atoms with van der Waals surface area (Å²) in [5.41, 5.74) is 1.22. The molecule has 0 saturated heterocycles. The Morgan fingerprint density at radius 1 is 1.32 bits per heavy atom. The predicted octanol–water partition coefficient (Wildman–Crippen LogP) is 3.79. The second-order valence-corrected chi connectivity index (χ2v) is 6.22. The molecule has 0 heterocycles. The number of nitrogens with one attached hydrogen (secondary N) is 2. The van der Waals surface area contributed by atoms with Crippen molar-refractivity contribution in [3.8, 4) is 0 Å². The highest BCUT2D eigenvalue weighted by atomic mass is 127. The molecular formula is C16H27BrIN3O. The molecule has 1 aromatic rings. The Kier molecular flexibility index (Phi) is 12.9. The average molecular weight is 484 g/mol. The number of guanidine groups is 1. The van der Waals surface area contributed by atoms with Gasteiger partial charge in [-0.15, -0.1) is 24.0 Å². The molecule has 6 heteroatoms. The molecule has 1 aromatic carbocycles. The highest BCUT2D eigenvalue weighted by Crippen LogP contribution is 2.11. The number of rotatable bonds is 8. The number of aliphatic imine (C=N–C) groups is 1. The third-order valence-corrected chi connectivity index (χ3v) is 3.27. The molecule has 0 fully saturated rings. The van der Waals surface area contributed by atoms with E-state index in [4.69, 9.17) is 4.74 Å². The summed E-state index contributed by atoms with van der Waals surface area (Å²) in [6.07, 6.45) is 0.976. The summed E-state index contributed by atoms with van der Waals surface area (Å²) in [6, 6.07) is 8.24. The fourth-order valence-corrected chi connectivity index (χ4v) is 2.20. The second kappa shape index (κ2) is 13.1. The van der Waals surface area contributed by atoms with Crippen molar-refractivity contribution in [3.63, 3.8) is 0 Å². The standard InChI is InChI=1S/C16H26BrN3O.HI/c1-13(2)12-21-9-5-8-19-16(18-3)20-11-14-6-4-7-15(17)10-14;/h4,6-7,10,13H,5,8-9,11-12H2,1-3H3,(H2,18,19,20);1H. The van der Waals surface area contributed by atoms with E-state index < -0.39 is 0 Å². The van der Waals surface area contributed by atoms with Gasteiger partial charge in [-0.25, -0.2) is 0 Å². The molecule has 0 bridgehead atoms. The highest BCUT2D eigenvalue weighted by Gasteiger charge is 1.99. The van der Waals surface area contributed by atoms with Crippen LogP contribution >= 0.6 is 39.9 Å². The number of benzene rings is 1. The summed E-state index contributed by atoms with van der Waals surface area (Å²) >= 11 is 3.47. The first-order valence-corrected chi connectivity index (χ1v) is 8.18. The third-order valence-electron chi connectivity index (χ3n) is 2.78. The Hall–Kier alpha value is -0.340. The van der Waals surface area contributed by atoms with Crippen LogP contribution in [-0.2, 0) is 11.3 Å². The smallest absolute Gasteiger partial charge is 0.191 e. The zero-order chi connectivity index (χ0) is 15.5. The van der Waals surface area contributed by atoms with E-state index >= 15 is 0 Å². The van der Waals surface area contributed by atoms with Gasteiger partial charge < -0.3 is 15.4 Å². The van der Waals surface area contributed by atoms with Crippen LogP contribution in [0.25, 0.3) is 0 Å². The van der Waals surface area contributed by atoms with Gasteiger partial charge in [-0.3, -0.25) is 4.99 Å². The second-order valence-electron chi connectivity index (χ2n) is 5.30. The lowest BCUT2D eigenvalue weighted by atomic mass is 10.2. The molecule has 126 valence electrons. The maximum atomic E-state index is 5.55. The Morgan fingerprint density at radius 3 is 2.73 bits per heavy atom. The maximum absolute atomic E-state index is 5.55. The van der Waals surface area contributed by atoms with Crippen molar-refractivity contribution in [1.29, 1.82) is 0 Å². The lowest BCUT2D eigenvalue weighted by molar-refractivity contribution is 0.108. The van der Waals surface area contributed by atoms with Gasteiger partial charge in [0, 0.05) is 37.8 Å². The van der Waals surface area contributed by atoms with Crippen LogP contribution in [-0.4, -0.2) is 32.8 Å². The van der Waals surface area contributed by atoms with Gasteiger partial charge in [-0.1, -0.05) is 41.9 Å². The minimum Gasteiger partial charge on any atom is -0.381 e. The van der Waals surface area contributed by atoms with E-state index in [1.54, 1.807) is 7.05 Å². The van der Waals surface area contributed by atoms with E-state index in [0.717, 1.165) is 43.2 Å². The summed E-state index contributed by atoms with van der Waals surface area (Å²) in [5.74, 6) is 1.41. The van der Waals surface area contributed by atoms with Crippen LogP contribution in [0.1, 0.15) is 25.8 Å². The van der Waals surface area contributed by atoms with Gasteiger partial charge in [-0.05, 0) is 30.0 Å². The number of ether oxygens (including phenoxy) is 1. The number of halogens is 2.